The zero-order chi connectivity index (χ0) is 15.9. The number of aliphatic hydroxyl groups excluding tert-OH is 1. The van der Waals surface area contributed by atoms with Crippen LogP contribution in [0, 0.1) is 0 Å². The van der Waals surface area contributed by atoms with Crippen molar-refractivity contribution in [2.75, 3.05) is 6.61 Å². The van der Waals surface area contributed by atoms with Crippen LogP contribution in [0.5, 0.6) is 0 Å². The van der Waals surface area contributed by atoms with Gasteiger partial charge >= 0.3 is 6.03 Å². The van der Waals surface area contributed by atoms with Crippen LogP contribution in [-0.2, 0) is 6.54 Å². The van der Waals surface area contributed by atoms with Crippen molar-refractivity contribution in [1.82, 2.24) is 10.6 Å². The summed E-state index contributed by atoms with van der Waals surface area (Å²) in [6.45, 7) is 4.23. The Hall–Kier alpha value is -2.08. The highest BCUT2D eigenvalue weighted by molar-refractivity contribution is 5.94. The van der Waals surface area contributed by atoms with Crippen molar-refractivity contribution in [2.45, 2.75) is 38.8 Å². The second-order valence-corrected chi connectivity index (χ2v) is 5.26. The first-order chi connectivity index (χ1) is 9.90. The predicted octanol–water partition coefficient (Wildman–Crippen LogP) is 1.14. The number of nitrogens with one attached hydrogen (secondary N) is 2. The van der Waals surface area contributed by atoms with E-state index < -0.39 is 11.6 Å². The van der Waals surface area contributed by atoms with Crippen LogP contribution in [0.4, 0.5) is 4.79 Å². The standard InChI is InChI=1S/C15H23N3O3/c1-3-15(2,8-9-19)18-13(20)12-6-4-11(5-7-12)10-17-14(16)21/h4-7,19H,3,8-10H2,1-2H3,(H,18,20)(H3,16,17,21). The predicted molar refractivity (Wildman–Crippen MR) is 80.7 cm³/mol. The van der Waals surface area contributed by atoms with E-state index in [1.54, 1.807) is 24.3 Å². The highest BCUT2D eigenvalue weighted by Crippen LogP contribution is 2.15. The molecule has 6 nitrogen and oxygen atoms in total. The van der Waals surface area contributed by atoms with Crippen LogP contribution in [0.15, 0.2) is 24.3 Å². The van der Waals surface area contributed by atoms with Crippen LogP contribution in [0.2, 0.25) is 0 Å². The molecule has 0 aliphatic rings. The molecule has 0 heterocycles. The average molecular weight is 293 g/mol. The lowest BCUT2D eigenvalue weighted by atomic mass is 9.94. The number of hydrogen-bond acceptors (Lipinski definition) is 3. The maximum absolute atomic E-state index is 12.2. The largest absolute Gasteiger partial charge is 0.396 e. The van der Waals surface area contributed by atoms with Gasteiger partial charge in [-0.05, 0) is 37.5 Å². The third kappa shape index (κ3) is 5.43. The van der Waals surface area contributed by atoms with E-state index in [0.29, 0.717) is 18.5 Å². The minimum atomic E-state index is -0.584. The number of carbonyl (C=O) groups excluding carboxylic acids is 2. The molecule has 1 unspecified atom stereocenters. The van der Waals surface area contributed by atoms with Crippen LogP contribution < -0.4 is 16.4 Å². The number of aliphatic hydroxyl groups is 1. The molecule has 3 amide bonds. The molecular weight excluding hydrogens is 270 g/mol. The lowest BCUT2D eigenvalue weighted by Crippen LogP contribution is -2.46. The first-order valence-corrected chi connectivity index (χ1v) is 6.96. The van der Waals surface area contributed by atoms with Gasteiger partial charge in [0.25, 0.3) is 5.91 Å². The highest BCUT2D eigenvalue weighted by Gasteiger charge is 2.24. The second kappa shape index (κ2) is 7.64. The fourth-order valence-corrected chi connectivity index (χ4v) is 1.88. The Morgan fingerprint density at radius 1 is 1.29 bits per heavy atom. The molecule has 0 aliphatic heterocycles. The monoisotopic (exact) mass is 293 g/mol. The van der Waals surface area contributed by atoms with Gasteiger partial charge in [0.1, 0.15) is 0 Å². The smallest absolute Gasteiger partial charge is 0.312 e. The van der Waals surface area contributed by atoms with E-state index in [0.717, 1.165) is 12.0 Å². The normalized spacial score (nSPS) is 13.3. The minimum absolute atomic E-state index is 0.0301. The number of carbonyl (C=O) groups is 2. The van der Waals surface area contributed by atoms with E-state index in [1.165, 1.54) is 0 Å². The Kier molecular flexibility index (Phi) is 6.17. The van der Waals surface area contributed by atoms with E-state index in [9.17, 15) is 9.59 Å². The third-order valence-electron chi connectivity index (χ3n) is 3.54. The number of primary amides is 1. The summed E-state index contributed by atoms with van der Waals surface area (Å²) in [5.74, 6) is -0.179. The van der Waals surface area contributed by atoms with Crippen LogP contribution in [0.1, 0.15) is 42.6 Å². The van der Waals surface area contributed by atoms with E-state index >= 15 is 0 Å². The zero-order valence-corrected chi connectivity index (χ0v) is 12.5. The average Bonchev–Trinajstić information content (AvgIpc) is 2.45. The van der Waals surface area contributed by atoms with Gasteiger partial charge in [-0.2, -0.15) is 0 Å². The summed E-state index contributed by atoms with van der Waals surface area (Å²) in [7, 11) is 0. The molecule has 0 radical (unpaired) electrons. The first-order valence-electron chi connectivity index (χ1n) is 6.96. The van der Waals surface area contributed by atoms with Crippen LogP contribution >= 0.6 is 0 Å². The number of urea groups is 1. The molecule has 21 heavy (non-hydrogen) atoms. The molecule has 1 rings (SSSR count). The van der Waals surface area contributed by atoms with Crippen molar-refractivity contribution in [2.24, 2.45) is 5.73 Å². The maximum Gasteiger partial charge on any atom is 0.312 e. The maximum atomic E-state index is 12.2. The lowest BCUT2D eigenvalue weighted by Gasteiger charge is -2.29. The van der Waals surface area contributed by atoms with Gasteiger partial charge in [-0.25, -0.2) is 4.79 Å². The number of hydrogen-bond donors (Lipinski definition) is 4. The molecule has 0 aromatic heterocycles. The number of amides is 3. The molecule has 1 aromatic carbocycles. The highest BCUT2D eigenvalue weighted by atomic mass is 16.3. The number of nitrogens with two attached hydrogens (primary N) is 1. The van der Waals surface area contributed by atoms with E-state index in [-0.39, 0.29) is 12.5 Å². The molecule has 0 bridgehead atoms. The summed E-state index contributed by atoms with van der Waals surface area (Å²) in [4.78, 5) is 22.8. The van der Waals surface area contributed by atoms with Crippen molar-refractivity contribution < 1.29 is 14.7 Å². The van der Waals surface area contributed by atoms with Crippen molar-refractivity contribution in [1.29, 1.82) is 0 Å². The van der Waals surface area contributed by atoms with Gasteiger partial charge < -0.3 is 21.5 Å². The molecule has 0 saturated carbocycles. The van der Waals surface area contributed by atoms with Crippen LogP contribution in [0.3, 0.4) is 0 Å². The van der Waals surface area contributed by atoms with Crippen LogP contribution in [0.25, 0.3) is 0 Å². The van der Waals surface area contributed by atoms with Gasteiger partial charge in [0.05, 0.1) is 0 Å². The van der Waals surface area contributed by atoms with E-state index in [1.807, 2.05) is 13.8 Å². The Bertz CT molecular complexity index is 487. The van der Waals surface area contributed by atoms with Crippen molar-refractivity contribution in [3.8, 4) is 0 Å². The van der Waals surface area contributed by atoms with Crippen molar-refractivity contribution in [3.63, 3.8) is 0 Å². The molecule has 1 atom stereocenters. The summed E-state index contributed by atoms with van der Waals surface area (Å²) in [6.07, 6.45) is 1.25. The van der Waals surface area contributed by atoms with Gasteiger partial charge in [0.2, 0.25) is 0 Å². The SMILES string of the molecule is CCC(C)(CCO)NC(=O)c1ccc(CNC(N)=O)cc1. The number of rotatable bonds is 7. The molecule has 0 fully saturated rings. The quantitative estimate of drug-likeness (QED) is 0.606. The topological polar surface area (TPSA) is 104 Å². The van der Waals surface area contributed by atoms with E-state index in [2.05, 4.69) is 10.6 Å². The first kappa shape index (κ1) is 17.0. The molecule has 5 N–H and O–H groups in total. The number of benzene rings is 1. The molecular formula is C15H23N3O3. The summed E-state index contributed by atoms with van der Waals surface area (Å²) in [6, 6.07) is 6.34. The van der Waals surface area contributed by atoms with Crippen molar-refractivity contribution in [3.05, 3.63) is 35.4 Å². The van der Waals surface area contributed by atoms with Gasteiger partial charge in [0, 0.05) is 24.3 Å². The van der Waals surface area contributed by atoms with Crippen LogP contribution in [-0.4, -0.2) is 29.2 Å². The molecule has 0 saturated heterocycles. The lowest BCUT2D eigenvalue weighted by molar-refractivity contribution is 0.0886. The van der Waals surface area contributed by atoms with E-state index in [4.69, 9.17) is 10.8 Å². The molecule has 116 valence electrons. The molecule has 0 spiro atoms. The second-order valence-electron chi connectivity index (χ2n) is 5.26. The summed E-state index contributed by atoms with van der Waals surface area (Å²) in [5, 5.41) is 14.5. The molecule has 0 aliphatic carbocycles. The Morgan fingerprint density at radius 2 is 1.90 bits per heavy atom. The summed E-state index contributed by atoms with van der Waals surface area (Å²) in [5.41, 5.74) is 5.98. The third-order valence-corrected chi connectivity index (χ3v) is 3.54. The molecule has 1 aromatic rings. The fourth-order valence-electron chi connectivity index (χ4n) is 1.88. The van der Waals surface area contributed by atoms with Gasteiger partial charge in [0.15, 0.2) is 0 Å². The van der Waals surface area contributed by atoms with Crippen molar-refractivity contribution >= 4 is 11.9 Å². The van der Waals surface area contributed by atoms with Gasteiger partial charge in [-0.15, -0.1) is 0 Å². The summed E-state index contributed by atoms with van der Waals surface area (Å²) < 4.78 is 0. The van der Waals surface area contributed by atoms with Gasteiger partial charge in [-0.1, -0.05) is 19.1 Å². The Morgan fingerprint density at radius 3 is 2.38 bits per heavy atom. The Balaban J connectivity index is 2.68. The summed E-state index contributed by atoms with van der Waals surface area (Å²) >= 11 is 0. The minimum Gasteiger partial charge on any atom is -0.396 e. The zero-order valence-electron chi connectivity index (χ0n) is 12.5. The Labute approximate surface area is 124 Å². The molecule has 6 heteroatoms. The van der Waals surface area contributed by atoms with Gasteiger partial charge in [-0.3, -0.25) is 4.79 Å². The fraction of sp³-hybridized carbons (Fsp3) is 0.467.